The lowest BCUT2D eigenvalue weighted by atomic mass is 9.72. The van der Waals surface area contributed by atoms with Gasteiger partial charge in [-0.15, -0.1) is 0 Å². The average Bonchev–Trinajstić information content (AvgIpc) is 3.20. The molecule has 146 valence electrons. The second-order valence-electron chi connectivity index (χ2n) is 8.39. The van der Waals surface area contributed by atoms with E-state index in [1.54, 1.807) is 18.6 Å². The lowest BCUT2D eigenvalue weighted by Crippen LogP contribution is -2.51. The molecule has 0 aromatic carbocycles. The van der Waals surface area contributed by atoms with Crippen LogP contribution >= 0.6 is 15.9 Å². The number of rotatable bonds is 4. The number of hydrogen-bond donors (Lipinski definition) is 1. The van der Waals surface area contributed by atoms with Gasteiger partial charge in [-0.3, -0.25) is 9.78 Å². The number of nitrogens with zero attached hydrogens (tertiary/aromatic N) is 4. The van der Waals surface area contributed by atoms with Crippen LogP contribution in [-0.4, -0.2) is 25.7 Å². The number of amides is 1. The molecule has 3 aromatic heterocycles. The van der Waals surface area contributed by atoms with Crippen LogP contribution in [0.2, 0.25) is 0 Å². The number of halogens is 1. The summed E-state index contributed by atoms with van der Waals surface area (Å²) < 4.78 is 2.85. The SMILES string of the molecule is O=C(NC1(c2ccncc2)CCC1)c1nn(-c2cc(Br)ccn2)c2c1C[C@H]1C[C@@H]21. The Balaban J connectivity index is 1.38. The summed E-state index contributed by atoms with van der Waals surface area (Å²) in [6, 6.07) is 7.86. The number of aromatic nitrogens is 4. The van der Waals surface area contributed by atoms with Crippen LogP contribution in [0.5, 0.6) is 0 Å². The molecule has 2 saturated carbocycles. The smallest absolute Gasteiger partial charge is 0.272 e. The van der Waals surface area contributed by atoms with Crippen molar-refractivity contribution in [3.8, 4) is 5.82 Å². The molecule has 0 aliphatic heterocycles. The quantitative estimate of drug-likeness (QED) is 0.655. The number of carbonyl (C=O) groups excluding carboxylic acids is 1. The second-order valence-corrected chi connectivity index (χ2v) is 9.30. The summed E-state index contributed by atoms with van der Waals surface area (Å²) in [5.74, 6) is 1.85. The fourth-order valence-corrected chi connectivity index (χ4v) is 5.27. The summed E-state index contributed by atoms with van der Waals surface area (Å²) in [6.07, 6.45) is 10.5. The fraction of sp³-hybridized carbons (Fsp3) is 0.364. The first-order valence-corrected chi connectivity index (χ1v) is 10.9. The van der Waals surface area contributed by atoms with Gasteiger partial charge >= 0.3 is 0 Å². The van der Waals surface area contributed by atoms with Crippen LogP contribution in [0.25, 0.3) is 5.82 Å². The Kier molecular flexibility index (Phi) is 3.72. The van der Waals surface area contributed by atoms with Crippen LogP contribution in [0.1, 0.15) is 58.9 Å². The Morgan fingerprint density at radius 3 is 2.76 bits per heavy atom. The van der Waals surface area contributed by atoms with Crippen molar-refractivity contribution in [2.24, 2.45) is 5.92 Å². The van der Waals surface area contributed by atoms with E-state index in [4.69, 9.17) is 5.10 Å². The van der Waals surface area contributed by atoms with Gasteiger partial charge in [0.25, 0.3) is 5.91 Å². The van der Waals surface area contributed by atoms with Gasteiger partial charge in [-0.25, -0.2) is 9.67 Å². The van der Waals surface area contributed by atoms with Crippen LogP contribution < -0.4 is 5.32 Å². The predicted molar refractivity (Wildman–Crippen MR) is 111 cm³/mol. The first kappa shape index (κ1) is 17.3. The van der Waals surface area contributed by atoms with Crippen LogP contribution in [0.3, 0.4) is 0 Å². The molecule has 2 atom stereocenters. The molecule has 3 heterocycles. The summed E-state index contributed by atoms with van der Waals surface area (Å²) in [6.45, 7) is 0. The maximum absolute atomic E-state index is 13.4. The number of pyridine rings is 2. The van der Waals surface area contributed by atoms with Crippen molar-refractivity contribution in [3.63, 3.8) is 0 Å². The Bertz CT molecular complexity index is 1120. The van der Waals surface area contributed by atoms with E-state index in [0.717, 1.165) is 47.1 Å². The lowest BCUT2D eigenvalue weighted by molar-refractivity contribution is 0.0816. The van der Waals surface area contributed by atoms with E-state index >= 15 is 0 Å². The van der Waals surface area contributed by atoms with Crippen LogP contribution in [-0.2, 0) is 12.0 Å². The molecule has 1 N–H and O–H groups in total. The molecule has 1 amide bonds. The first-order chi connectivity index (χ1) is 14.1. The van der Waals surface area contributed by atoms with E-state index < -0.39 is 0 Å². The molecule has 3 aliphatic carbocycles. The normalized spacial score (nSPS) is 23.1. The minimum atomic E-state index is -0.299. The molecule has 29 heavy (non-hydrogen) atoms. The molecule has 3 aliphatic rings. The zero-order chi connectivity index (χ0) is 19.6. The average molecular weight is 450 g/mol. The number of hydrogen-bond acceptors (Lipinski definition) is 4. The highest BCUT2D eigenvalue weighted by Crippen LogP contribution is 2.57. The van der Waals surface area contributed by atoms with Crippen LogP contribution in [0.15, 0.2) is 47.3 Å². The molecule has 0 spiro atoms. The third-order valence-corrected chi connectivity index (χ3v) is 7.19. The Morgan fingerprint density at radius 1 is 1.21 bits per heavy atom. The topological polar surface area (TPSA) is 72.7 Å². The van der Waals surface area contributed by atoms with Crippen molar-refractivity contribution in [1.82, 2.24) is 25.1 Å². The van der Waals surface area contributed by atoms with Crippen molar-refractivity contribution < 1.29 is 4.79 Å². The molecule has 0 saturated heterocycles. The van der Waals surface area contributed by atoms with Crippen molar-refractivity contribution in [1.29, 1.82) is 0 Å². The van der Waals surface area contributed by atoms with E-state index in [-0.39, 0.29) is 11.4 Å². The van der Waals surface area contributed by atoms with Crippen LogP contribution in [0, 0.1) is 5.92 Å². The Labute approximate surface area is 176 Å². The summed E-state index contributed by atoms with van der Waals surface area (Å²) in [4.78, 5) is 22.0. The first-order valence-electron chi connectivity index (χ1n) is 10.1. The highest BCUT2D eigenvalue weighted by Gasteiger charge is 2.51. The van der Waals surface area contributed by atoms with Gasteiger partial charge in [-0.1, -0.05) is 15.9 Å². The third kappa shape index (κ3) is 2.67. The van der Waals surface area contributed by atoms with Gasteiger partial charge in [-0.05, 0) is 67.9 Å². The van der Waals surface area contributed by atoms with E-state index in [0.29, 0.717) is 17.5 Å². The largest absolute Gasteiger partial charge is 0.341 e. The number of carbonyl (C=O) groups is 1. The maximum Gasteiger partial charge on any atom is 0.272 e. The van der Waals surface area contributed by atoms with Crippen molar-refractivity contribution in [3.05, 3.63) is 69.8 Å². The van der Waals surface area contributed by atoms with E-state index in [1.165, 1.54) is 12.1 Å². The van der Waals surface area contributed by atoms with E-state index in [9.17, 15) is 4.79 Å². The molecular weight excluding hydrogens is 430 g/mol. The zero-order valence-electron chi connectivity index (χ0n) is 15.8. The monoisotopic (exact) mass is 449 g/mol. The zero-order valence-corrected chi connectivity index (χ0v) is 17.4. The second kappa shape index (κ2) is 6.23. The van der Waals surface area contributed by atoms with Gasteiger partial charge in [0.1, 0.15) is 0 Å². The van der Waals surface area contributed by atoms with Gasteiger partial charge in [0, 0.05) is 34.5 Å². The predicted octanol–water partition coefficient (Wildman–Crippen LogP) is 3.89. The van der Waals surface area contributed by atoms with Crippen LogP contribution in [0.4, 0.5) is 0 Å². The number of fused-ring (bicyclic) bond motifs is 3. The highest BCUT2D eigenvalue weighted by molar-refractivity contribution is 9.10. The van der Waals surface area contributed by atoms with Crippen molar-refractivity contribution >= 4 is 21.8 Å². The molecular formula is C22H20BrN5O. The molecule has 2 fully saturated rings. The van der Waals surface area contributed by atoms with Crippen molar-refractivity contribution in [2.75, 3.05) is 0 Å². The minimum Gasteiger partial charge on any atom is -0.341 e. The van der Waals surface area contributed by atoms with Gasteiger partial charge in [0.2, 0.25) is 0 Å². The number of nitrogens with one attached hydrogen (secondary N) is 1. The Hall–Kier alpha value is -2.54. The minimum absolute atomic E-state index is 0.0761. The fourth-order valence-electron chi connectivity index (χ4n) is 4.95. The molecule has 6 rings (SSSR count). The van der Waals surface area contributed by atoms with Gasteiger partial charge in [-0.2, -0.15) is 5.10 Å². The van der Waals surface area contributed by atoms with E-state index in [2.05, 4.69) is 31.2 Å². The summed E-state index contributed by atoms with van der Waals surface area (Å²) in [7, 11) is 0. The van der Waals surface area contributed by atoms with Gasteiger partial charge in [0.05, 0.1) is 11.2 Å². The molecule has 0 radical (unpaired) electrons. The summed E-state index contributed by atoms with van der Waals surface area (Å²) in [5.41, 5.74) is 3.67. The standard InChI is InChI=1S/C22H20BrN5O/c23-15-4-9-25-18(12-15)28-20-16-10-13(16)11-17(20)19(27-28)21(29)26-22(5-1-6-22)14-2-7-24-8-3-14/h2-4,7-9,12-13,16H,1,5-6,10-11H2,(H,26,29)/t13-,16-/m1/s1. The molecule has 0 unspecified atom stereocenters. The third-order valence-electron chi connectivity index (χ3n) is 6.70. The van der Waals surface area contributed by atoms with Gasteiger partial charge < -0.3 is 5.32 Å². The van der Waals surface area contributed by atoms with Crippen molar-refractivity contribution in [2.45, 2.75) is 43.6 Å². The highest BCUT2D eigenvalue weighted by atomic mass is 79.9. The summed E-state index contributed by atoms with van der Waals surface area (Å²) >= 11 is 3.52. The molecule has 3 aromatic rings. The molecule has 7 heteroatoms. The Morgan fingerprint density at radius 2 is 2.03 bits per heavy atom. The lowest BCUT2D eigenvalue weighted by Gasteiger charge is -2.42. The summed E-state index contributed by atoms with van der Waals surface area (Å²) in [5, 5.41) is 8.09. The maximum atomic E-state index is 13.4. The van der Waals surface area contributed by atoms with E-state index in [1.807, 2.05) is 28.9 Å². The molecule has 6 nitrogen and oxygen atoms in total. The molecule has 0 bridgehead atoms. The van der Waals surface area contributed by atoms with Gasteiger partial charge in [0.15, 0.2) is 11.5 Å².